The molecule has 0 saturated carbocycles. The van der Waals surface area contributed by atoms with Crippen LogP contribution in [0.2, 0.25) is 0 Å². The quantitative estimate of drug-likeness (QED) is 0.854. The second-order valence-electron chi connectivity index (χ2n) is 6.82. The van der Waals surface area contributed by atoms with E-state index in [-0.39, 0.29) is 11.2 Å². The van der Waals surface area contributed by atoms with Crippen LogP contribution in [-0.2, 0) is 4.74 Å². The molecule has 2 rings (SSSR count). The zero-order chi connectivity index (χ0) is 15.5. The lowest BCUT2D eigenvalue weighted by Crippen LogP contribution is -2.57. The molecule has 114 valence electrons. The average Bonchev–Trinajstić information content (AvgIpc) is 2.35. The van der Waals surface area contributed by atoms with Crippen molar-refractivity contribution in [2.45, 2.75) is 38.9 Å². The summed E-state index contributed by atoms with van der Waals surface area (Å²) in [7, 11) is 0. The van der Waals surface area contributed by atoms with Crippen molar-refractivity contribution in [2.75, 3.05) is 26.2 Å². The van der Waals surface area contributed by atoms with Crippen LogP contribution in [0.25, 0.3) is 0 Å². The molecule has 1 fully saturated rings. The molecule has 21 heavy (non-hydrogen) atoms. The molecule has 1 aromatic rings. The Morgan fingerprint density at radius 3 is 2.52 bits per heavy atom. The molecule has 0 N–H and O–H groups in total. The third-order valence-corrected chi connectivity index (χ3v) is 3.40. The Morgan fingerprint density at radius 1 is 1.24 bits per heavy atom. The maximum Gasteiger partial charge on any atom is 0.120 e. The zero-order valence-electron chi connectivity index (χ0n) is 13.3. The fourth-order valence-electron chi connectivity index (χ4n) is 3.05. The molecule has 1 saturated heterocycles. The second-order valence-corrected chi connectivity index (χ2v) is 6.82. The summed E-state index contributed by atoms with van der Waals surface area (Å²) in [6, 6.07) is 9.40. The van der Waals surface area contributed by atoms with Gasteiger partial charge in [0.15, 0.2) is 0 Å². The molecule has 1 heterocycles. The Bertz CT molecular complexity index is 516. The molecule has 0 unspecified atom stereocenters. The van der Waals surface area contributed by atoms with Gasteiger partial charge >= 0.3 is 0 Å². The first-order valence-corrected chi connectivity index (χ1v) is 7.35. The number of rotatable bonds is 4. The van der Waals surface area contributed by atoms with Crippen molar-refractivity contribution in [3.8, 4) is 11.8 Å². The highest BCUT2D eigenvalue weighted by molar-refractivity contribution is 5.36. The van der Waals surface area contributed by atoms with E-state index in [1.807, 2.05) is 12.1 Å². The van der Waals surface area contributed by atoms with Crippen molar-refractivity contribution in [3.63, 3.8) is 0 Å². The predicted octanol–water partition coefficient (Wildman–Crippen LogP) is 2.83. The van der Waals surface area contributed by atoms with Gasteiger partial charge < -0.3 is 9.47 Å². The minimum atomic E-state index is -0.136. The summed E-state index contributed by atoms with van der Waals surface area (Å²) in [5.41, 5.74) is 0.353. The molecule has 0 aromatic heterocycles. The Morgan fingerprint density at radius 2 is 1.90 bits per heavy atom. The van der Waals surface area contributed by atoms with E-state index in [1.54, 1.807) is 12.1 Å². The second kappa shape index (κ2) is 6.05. The van der Waals surface area contributed by atoms with Gasteiger partial charge in [-0.3, -0.25) is 4.90 Å². The Balaban J connectivity index is 1.87. The summed E-state index contributed by atoms with van der Waals surface area (Å²) in [5.74, 6) is 0.751. The van der Waals surface area contributed by atoms with E-state index in [0.29, 0.717) is 12.2 Å². The minimum Gasteiger partial charge on any atom is -0.492 e. The van der Waals surface area contributed by atoms with Crippen LogP contribution in [0, 0.1) is 11.3 Å². The van der Waals surface area contributed by atoms with Crippen molar-refractivity contribution in [2.24, 2.45) is 0 Å². The first kappa shape index (κ1) is 15.8. The van der Waals surface area contributed by atoms with Crippen molar-refractivity contribution >= 4 is 0 Å². The van der Waals surface area contributed by atoms with E-state index in [0.717, 1.165) is 25.4 Å². The van der Waals surface area contributed by atoms with Crippen LogP contribution < -0.4 is 4.74 Å². The van der Waals surface area contributed by atoms with Gasteiger partial charge in [0.1, 0.15) is 12.4 Å². The van der Waals surface area contributed by atoms with Gasteiger partial charge in [-0.2, -0.15) is 5.26 Å². The van der Waals surface area contributed by atoms with Gasteiger partial charge in [0.2, 0.25) is 0 Å². The van der Waals surface area contributed by atoms with E-state index in [2.05, 4.69) is 38.7 Å². The summed E-state index contributed by atoms with van der Waals surface area (Å²) >= 11 is 0. The van der Waals surface area contributed by atoms with Crippen molar-refractivity contribution < 1.29 is 9.47 Å². The maximum atomic E-state index is 8.88. The van der Waals surface area contributed by atoms with Crippen LogP contribution in [0.3, 0.4) is 0 Å². The van der Waals surface area contributed by atoms with E-state index in [4.69, 9.17) is 14.7 Å². The van der Waals surface area contributed by atoms with Crippen molar-refractivity contribution in [3.05, 3.63) is 29.8 Å². The summed E-state index contributed by atoms with van der Waals surface area (Å²) in [5, 5.41) is 8.88. The number of hydrogen-bond acceptors (Lipinski definition) is 4. The zero-order valence-corrected chi connectivity index (χ0v) is 13.3. The highest BCUT2D eigenvalue weighted by atomic mass is 16.5. The molecule has 1 aliphatic heterocycles. The van der Waals surface area contributed by atoms with Gasteiger partial charge in [-0.25, -0.2) is 0 Å². The van der Waals surface area contributed by atoms with Gasteiger partial charge in [-0.1, -0.05) is 6.07 Å². The highest BCUT2D eigenvalue weighted by Gasteiger charge is 2.37. The number of morpholine rings is 1. The summed E-state index contributed by atoms with van der Waals surface area (Å²) < 4.78 is 11.8. The van der Waals surface area contributed by atoms with Gasteiger partial charge in [0.05, 0.1) is 22.8 Å². The average molecular weight is 288 g/mol. The molecule has 1 aliphatic rings. The van der Waals surface area contributed by atoms with E-state index < -0.39 is 0 Å². The van der Waals surface area contributed by atoms with Gasteiger partial charge in [-0.15, -0.1) is 0 Å². The lowest BCUT2D eigenvalue weighted by molar-refractivity contribution is -0.181. The molecule has 0 atom stereocenters. The molecule has 0 spiro atoms. The summed E-state index contributed by atoms with van der Waals surface area (Å²) in [6.45, 7) is 11.8. The third-order valence-electron chi connectivity index (χ3n) is 3.40. The predicted molar refractivity (Wildman–Crippen MR) is 82.3 cm³/mol. The molecule has 0 aliphatic carbocycles. The molecule has 0 amide bonds. The van der Waals surface area contributed by atoms with Gasteiger partial charge in [-0.05, 0) is 45.9 Å². The Hall–Kier alpha value is -1.57. The van der Waals surface area contributed by atoms with Crippen LogP contribution in [0.5, 0.6) is 5.75 Å². The van der Waals surface area contributed by atoms with Crippen molar-refractivity contribution in [1.29, 1.82) is 5.26 Å². The SMILES string of the molecule is CC1(C)CN(CCOc2cccc(C#N)c2)CC(C)(C)O1. The molecular weight excluding hydrogens is 264 g/mol. The topological polar surface area (TPSA) is 45.5 Å². The summed E-state index contributed by atoms with van der Waals surface area (Å²) in [4.78, 5) is 2.37. The van der Waals surface area contributed by atoms with Crippen LogP contribution >= 0.6 is 0 Å². The van der Waals surface area contributed by atoms with Crippen molar-refractivity contribution in [1.82, 2.24) is 4.90 Å². The number of nitrogens with zero attached hydrogens (tertiary/aromatic N) is 2. The normalized spacial score (nSPS) is 20.7. The van der Waals surface area contributed by atoms with E-state index in [9.17, 15) is 0 Å². The minimum absolute atomic E-state index is 0.136. The van der Waals surface area contributed by atoms with Gasteiger partial charge in [0, 0.05) is 19.6 Å². The largest absolute Gasteiger partial charge is 0.492 e. The third kappa shape index (κ3) is 4.73. The smallest absolute Gasteiger partial charge is 0.120 e. The lowest BCUT2D eigenvalue weighted by Gasteiger charge is -2.47. The molecular formula is C17H24N2O2. The lowest BCUT2D eigenvalue weighted by atomic mass is 9.99. The number of benzene rings is 1. The maximum absolute atomic E-state index is 8.88. The van der Waals surface area contributed by atoms with Crippen LogP contribution in [0.1, 0.15) is 33.3 Å². The monoisotopic (exact) mass is 288 g/mol. The standard InChI is InChI=1S/C17H24N2O2/c1-16(2)12-19(13-17(3,4)21-16)8-9-20-15-7-5-6-14(10-15)11-18/h5-7,10H,8-9,12-13H2,1-4H3. The Labute approximate surface area is 127 Å². The fraction of sp³-hybridized carbons (Fsp3) is 0.588. The van der Waals surface area contributed by atoms with Gasteiger partial charge in [0.25, 0.3) is 0 Å². The highest BCUT2D eigenvalue weighted by Crippen LogP contribution is 2.27. The molecule has 0 radical (unpaired) electrons. The fourth-order valence-corrected chi connectivity index (χ4v) is 3.05. The van der Waals surface area contributed by atoms with Crippen LogP contribution in [0.15, 0.2) is 24.3 Å². The molecule has 4 heteroatoms. The first-order chi connectivity index (χ1) is 9.80. The number of ether oxygens (including phenoxy) is 2. The number of hydrogen-bond donors (Lipinski definition) is 0. The van der Waals surface area contributed by atoms with Crippen LogP contribution in [-0.4, -0.2) is 42.3 Å². The van der Waals surface area contributed by atoms with Crippen LogP contribution in [0.4, 0.5) is 0 Å². The van der Waals surface area contributed by atoms with E-state index >= 15 is 0 Å². The summed E-state index contributed by atoms with van der Waals surface area (Å²) in [6.07, 6.45) is 0. The van der Waals surface area contributed by atoms with E-state index in [1.165, 1.54) is 0 Å². The molecule has 0 bridgehead atoms. The number of nitriles is 1. The first-order valence-electron chi connectivity index (χ1n) is 7.35. The molecule has 1 aromatic carbocycles. The Kier molecular flexibility index (Phi) is 4.55. The molecule has 4 nitrogen and oxygen atoms in total.